The van der Waals surface area contributed by atoms with Gasteiger partial charge in [-0.2, -0.15) is 0 Å². The van der Waals surface area contributed by atoms with Crippen LogP contribution in [0.4, 0.5) is 5.69 Å². The molecule has 2 aromatic rings. The Kier molecular flexibility index (Phi) is 5.13. The SMILES string of the molecule is NS(=O)(=O)c1ccc(NC(=O)CCOc2ccccc2)cc1. The van der Waals surface area contributed by atoms with E-state index in [1.165, 1.54) is 24.3 Å². The van der Waals surface area contributed by atoms with Gasteiger partial charge in [0.1, 0.15) is 5.75 Å². The maximum Gasteiger partial charge on any atom is 0.238 e. The van der Waals surface area contributed by atoms with Gasteiger partial charge in [-0.25, -0.2) is 13.6 Å². The Labute approximate surface area is 129 Å². The van der Waals surface area contributed by atoms with Crippen molar-refractivity contribution < 1.29 is 17.9 Å². The van der Waals surface area contributed by atoms with E-state index in [9.17, 15) is 13.2 Å². The largest absolute Gasteiger partial charge is 0.493 e. The third-order valence-corrected chi connectivity index (χ3v) is 3.74. The van der Waals surface area contributed by atoms with Gasteiger partial charge in [0.15, 0.2) is 0 Å². The normalized spacial score (nSPS) is 11.0. The zero-order valence-corrected chi connectivity index (χ0v) is 12.5. The van der Waals surface area contributed by atoms with Gasteiger partial charge in [-0.05, 0) is 36.4 Å². The van der Waals surface area contributed by atoms with Crippen molar-refractivity contribution in [2.24, 2.45) is 5.14 Å². The zero-order valence-electron chi connectivity index (χ0n) is 11.7. The molecule has 0 spiro atoms. The fraction of sp³-hybridized carbons (Fsp3) is 0.133. The van der Waals surface area contributed by atoms with Gasteiger partial charge in [0.2, 0.25) is 15.9 Å². The highest BCUT2D eigenvalue weighted by Gasteiger charge is 2.08. The second-order valence-corrected chi connectivity index (χ2v) is 6.09. The second-order valence-electron chi connectivity index (χ2n) is 4.53. The molecular weight excluding hydrogens is 304 g/mol. The molecule has 2 aromatic carbocycles. The van der Waals surface area contributed by atoms with Gasteiger partial charge in [-0.1, -0.05) is 18.2 Å². The van der Waals surface area contributed by atoms with E-state index in [2.05, 4.69) is 5.32 Å². The van der Waals surface area contributed by atoms with Crippen LogP contribution in [0.5, 0.6) is 5.75 Å². The van der Waals surface area contributed by atoms with E-state index in [-0.39, 0.29) is 23.8 Å². The molecule has 0 aliphatic heterocycles. The molecule has 0 heterocycles. The Bertz CT molecular complexity index is 728. The second kappa shape index (κ2) is 7.06. The number of para-hydroxylation sites is 1. The lowest BCUT2D eigenvalue weighted by Crippen LogP contribution is -2.15. The fourth-order valence-electron chi connectivity index (χ4n) is 1.73. The summed E-state index contributed by atoms with van der Waals surface area (Å²) < 4.78 is 27.7. The molecule has 3 N–H and O–H groups in total. The Morgan fingerprint density at radius 3 is 2.27 bits per heavy atom. The molecule has 6 nitrogen and oxygen atoms in total. The maximum absolute atomic E-state index is 11.8. The first-order valence-electron chi connectivity index (χ1n) is 6.56. The van der Waals surface area contributed by atoms with Crippen LogP contribution < -0.4 is 15.2 Å². The predicted molar refractivity (Wildman–Crippen MR) is 83.0 cm³/mol. The number of anilines is 1. The number of amides is 1. The standard InChI is InChI=1S/C15H16N2O4S/c16-22(19,20)14-8-6-12(7-9-14)17-15(18)10-11-21-13-4-2-1-3-5-13/h1-9H,10-11H2,(H,17,18)(H2,16,19,20). The van der Waals surface area contributed by atoms with Gasteiger partial charge < -0.3 is 10.1 Å². The van der Waals surface area contributed by atoms with Gasteiger partial charge in [-0.3, -0.25) is 4.79 Å². The minimum Gasteiger partial charge on any atom is -0.493 e. The summed E-state index contributed by atoms with van der Waals surface area (Å²) in [6.07, 6.45) is 0.186. The van der Waals surface area contributed by atoms with E-state index >= 15 is 0 Å². The molecule has 0 saturated heterocycles. The van der Waals surface area contributed by atoms with Crippen LogP contribution in [-0.2, 0) is 14.8 Å². The maximum atomic E-state index is 11.8. The average molecular weight is 320 g/mol. The molecule has 116 valence electrons. The van der Waals surface area contributed by atoms with Crippen molar-refractivity contribution in [3.05, 3.63) is 54.6 Å². The summed E-state index contributed by atoms with van der Waals surface area (Å²) in [5.74, 6) is 0.479. The van der Waals surface area contributed by atoms with Crippen molar-refractivity contribution in [1.82, 2.24) is 0 Å². The highest BCUT2D eigenvalue weighted by molar-refractivity contribution is 7.89. The van der Waals surface area contributed by atoms with E-state index < -0.39 is 10.0 Å². The number of sulfonamides is 1. The summed E-state index contributed by atoms with van der Waals surface area (Å²) in [5.41, 5.74) is 0.497. The first-order chi connectivity index (χ1) is 10.4. The zero-order chi connectivity index (χ0) is 16.0. The molecular formula is C15H16N2O4S. The molecule has 22 heavy (non-hydrogen) atoms. The van der Waals surface area contributed by atoms with Crippen molar-refractivity contribution in [1.29, 1.82) is 0 Å². The molecule has 0 atom stereocenters. The van der Waals surface area contributed by atoms with Crippen LogP contribution in [0, 0.1) is 0 Å². The highest BCUT2D eigenvalue weighted by Crippen LogP contribution is 2.13. The third kappa shape index (κ3) is 4.87. The topological polar surface area (TPSA) is 98.5 Å². The smallest absolute Gasteiger partial charge is 0.238 e. The molecule has 2 rings (SSSR count). The lowest BCUT2D eigenvalue weighted by molar-refractivity contribution is -0.116. The molecule has 0 radical (unpaired) electrons. The number of ether oxygens (including phenoxy) is 1. The number of nitrogens with two attached hydrogens (primary N) is 1. The van der Waals surface area contributed by atoms with Gasteiger partial charge in [0, 0.05) is 5.69 Å². The van der Waals surface area contributed by atoms with E-state index in [1.54, 1.807) is 0 Å². The van der Waals surface area contributed by atoms with Crippen molar-refractivity contribution in [2.75, 3.05) is 11.9 Å². The molecule has 0 fully saturated rings. The minimum absolute atomic E-state index is 0.00194. The van der Waals surface area contributed by atoms with E-state index in [0.717, 1.165) is 0 Å². The number of primary sulfonamides is 1. The van der Waals surface area contributed by atoms with Gasteiger partial charge >= 0.3 is 0 Å². The van der Waals surface area contributed by atoms with Crippen LogP contribution in [0.1, 0.15) is 6.42 Å². The first-order valence-corrected chi connectivity index (χ1v) is 8.10. The number of benzene rings is 2. The number of carbonyl (C=O) groups is 1. The summed E-state index contributed by atoms with van der Waals surface area (Å²) in [5, 5.41) is 7.65. The van der Waals surface area contributed by atoms with Crippen LogP contribution in [0.3, 0.4) is 0 Å². The molecule has 7 heteroatoms. The molecule has 0 unspecified atom stereocenters. The van der Waals surface area contributed by atoms with Crippen LogP contribution in [0.2, 0.25) is 0 Å². The summed E-state index contributed by atoms with van der Waals surface area (Å²) in [6, 6.07) is 14.8. The van der Waals surface area contributed by atoms with Gasteiger partial charge in [-0.15, -0.1) is 0 Å². The average Bonchev–Trinajstić information content (AvgIpc) is 2.48. The molecule has 1 amide bonds. The molecule has 0 saturated carbocycles. The number of rotatable bonds is 6. The van der Waals surface area contributed by atoms with Crippen molar-refractivity contribution >= 4 is 21.6 Å². The summed E-state index contributed by atoms with van der Waals surface area (Å²) in [7, 11) is -3.73. The minimum atomic E-state index is -3.73. The Morgan fingerprint density at radius 1 is 1.05 bits per heavy atom. The quantitative estimate of drug-likeness (QED) is 0.847. The highest BCUT2D eigenvalue weighted by atomic mass is 32.2. The summed E-state index contributed by atoms with van der Waals surface area (Å²) in [4.78, 5) is 11.7. The monoisotopic (exact) mass is 320 g/mol. The predicted octanol–water partition coefficient (Wildman–Crippen LogP) is 1.74. The lowest BCUT2D eigenvalue weighted by Gasteiger charge is -2.07. The summed E-state index contributed by atoms with van der Waals surface area (Å²) >= 11 is 0. The van der Waals surface area contributed by atoms with Crippen LogP contribution in [-0.4, -0.2) is 20.9 Å². The fourth-order valence-corrected chi connectivity index (χ4v) is 2.25. The van der Waals surface area contributed by atoms with Crippen LogP contribution in [0.15, 0.2) is 59.5 Å². The number of hydrogen-bond donors (Lipinski definition) is 2. The number of nitrogens with one attached hydrogen (secondary N) is 1. The van der Waals surface area contributed by atoms with E-state index in [0.29, 0.717) is 11.4 Å². The Hall–Kier alpha value is -2.38. The van der Waals surface area contributed by atoms with E-state index in [1.807, 2.05) is 30.3 Å². The lowest BCUT2D eigenvalue weighted by atomic mass is 10.3. The molecule has 0 aliphatic carbocycles. The van der Waals surface area contributed by atoms with Crippen molar-refractivity contribution in [2.45, 2.75) is 11.3 Å². The number of carbonyl (C=O) groups excluding carboxylic acids is 1. The van der Waals surface area contributed by atoms with Gasteiger partial charge in [0.05, 0.1) is 17.9 Å². The van der Waals surface area contributed by atoms with Crippen molar-refractivity contribution in [3.8, 4) is 5.75 Å². The molecule has 0 bridgehead atoms. The third-order valence-electron chi connectivity index (χ3n) is 2.81. The van der Waals surface area contributed by atoms with Crippen molar-refractivity contribution in [3.63, 3.8) is 0 Å². The van der Waals surface area contributed by atoms with Gasteiger partial charge in [0.25, 0.3) is 0 Å². The first kappa shape index (κ1) is 16.0. The molecule has 0 aliphatic rings. The van der Waals surface area contributed by atoms with Crippen LogP contribution >= 0.6 is 0 Å². The molecule has 0 aromatic heterocycles. The Morgan fingerprint density at radius 2 is 1.68 bits per heavy atom. The number of hydrogen-bond acceptors (Lipinski definition) is 4. The Balaban J connectivity index is 1.82. The van der Waals surface area contributed by atoms with Crippen LogP contribution in [0.25, 0.3) is 0 Å². The summed E-state index contributed by atoms with van der Waals surface area (Å²) in [6.45, 7) is 0.255. The van der Waals surface area contributed by atoms with E-state index in [4.69, 9.17) is 9.88 Å².